The van der Waals surface area contributed by atoms with Crippen LogP contribution >= 0.6 is 11.8 Å². The standard InChI is InChI=1S/C12H17N5S/c1-4-13-9(2)10-5-6-11(14-7-10)18-12-16-15-8-17(12)3/h5-9,13H,4H2,1-3H3. The van der Waals surface area contributed by atoms with Crippen molar-refractivity contribution in [2.24, 2.45) is 7.05 Å². The average molecular weight is 263 g/mol. The number of hydrogen-bond acceptors (Lipinski definition) is 5. The molecule has 0 bridgehead atoms. The third kappa shape index (κ3) is 3.08. The molecular weight excluding hydrogens is 246 g/mol. The van der Waals surface area contributed by atoms with Crippen molar-refractivity contribution in [2.45, 2.75) is 30.1 Å². The van der Waals surface area contributed by atoms with Crippen LogP contribution in [-0.4, -0.2) is 26.3 Å². The molecule has 0 aromatic carbocycles. The Labute approximate surface area is 111 Å². The second kappa shape index (κ2) is 5.97. The maximum atomic E-state index is 4.44. The highest BCUT2D eigenvalue weighted by Gasteiger charge is 2.07. The lowest BCUT2D eigenvalue weighted by Crippen LogP contribution is -2.17. The third-order valence-corrected chi connectivity index (χ3v) is 3.64. The van der Waals surface area contributed by atoms with Crippen molar-refractivity contribution >= 4 is 11.8 Å². The first kappa shape index (κ1) is 13.0. The highest BCUT2D eigenvalue weighted by Crippen LogP contribution is 2.24. The SMILES string of the molecule is CCNC(C)c1ccc(Sc2nncn2C)nc1. The van der Waals surface area contributed by atoms with Crippen LogP contribution in [0.15, 0.2) is 34.8 Å². The Hall–Kier alpha value is -1.40. The number of hydrogen-bond donors (Lipinski definition) is 1. The molecule has 2 rings (SSSR count). The van der Waals surface area contributed by atoms with Crippen molar-refractivity contribution in [1.82, 2.24) is 25.1 Å². The summed E-state index contributed by atoms with van der Waals surface area (Å²) in [5, 5.41) is 13.0. The number of nitrogens with zero attached hydrogens (tertiary/aromatic N) is 4. The predicted molar refractivity (Wildman–Crippen MR) is 71.5 cm³/mol. The van der Waals surface area contributed by atoms with Gasteiger partial charge in [0.15, 0.2) is 5.16 Å². The number of aromatic nitrogens is 4. The van der Waals surface area contributed by atoms with Crippen molar-refractivity contribution in [1.29, 1.82) is 0 Å². The van der Waals surface area contributed by atoms with Crippen LogP contribution in [0.2, 0.25) is 0 Å². The average Bonchev–Trinajstić information content (AvgIpc) is 2.76. The minimum absolute atomic E-state index is 0.330. The minimum Gasteiger partial charge on any atom is -0.311 e. The lowest BCUT2D eigenvalue weighted by atomic mass is 10.1. The second-order valence-corrected chi connectivity index (χ2v) is 5.02. The van der Waals surface area contributed by atoms with Crippen LogP contribution in [0.4, 0.5) is 0 Å². The lowest BCUT2D eigenvalue weighted by Gasteiger charge is -2.12. The van der Waals surface area contributed by atoms with Crippen LogP contribution in [0.3, 0.4) is 0 Å². The van der Waals surface area contributed by atoms with Gasteiger partial charge in [-0.1, -0.05) is 13.0 Å². The van der Waals surface area contributed by atoms with Crippen LogP contribution in [0.25, 0.3) is 0 Å². The van der Waals surface area contributed by atoms with Gasteiger partial charge in [-0.25, -0.2) is 4.98 Å². The first-order valence-electron chi connectivity index (χ1n) is 5.92. The first-order chi connectivity index (χ1) is 8.70. The molecule has 0 saturated carbocycles. The second-order valence-electron chi connectivity index (χ2n) is 4.04. The number of aryl methyl sites for hydroxylation is 1. The summed E-state index contributed by atoms with van der Waals surface area (Å²) in [4.78, 5) is 4.44. The molecule has 96 valence electrons. The van der Waals surface area contributed by atoms with Gasteiger partial charge in [0.2, 0.25) is 0 Å². The van der Waals surface area contributed by atoms with Crippen LogP contribution in [0, 0.1) is 0 Å². The van der Waals surface area contributed by atoms with E-state index in [1.165, 1.54) is 17.3 Å². The molecule has 0 spiro atoms. The maximum Gasteiger partial charge on any atom is 0.197 e. The Morgan fingerprint density at radius 3 is 2.83 bits per heavy atom. The molecule has 2 heterocycles. The van der Waals surface area contributed by atoms with Crippen LogP contribution in [0.5, 0.6) is 0 Å². The van der Waals surface area contributed by atoms with Gasteiger partial charge in [-0.05, 0) is 36.9 Å². The molecule has 5 nitrogen and oxygen atoms in total. The van der Waals surface area contributed by atoms with E-state index in [1.807, 2.05) is 23.9 Å². The summed E-state index contributed by atoms with van der Waals surface area (Å²) in [6.45, 7) is 5.19. The van der Waals surface area contributed by atoms with E-state index in [0.717, 1.165) is 16.7 Å². The van der Waals surface area contributed by atoms with E-state index >= 15 is 0 Å². The van der Waals surface area contributed by atoms with E-state index in [9.17, 15) is 0 Å². The fraction of sp³-hybridized carbons (Fsp3) is 0.417. The van der Waals surface area contributed by atoms with Gasteiger partial charge in [-0.3, -0.25) is 0 Å². The molecule has 1 unspecified atom stereocenters. The quantitative estimate of drug-likeness (QED) is 0.894. The molecule has 0 saturated heterocycles. The predicted octanol–water partition coefficient (Wildman–Crippen LogP) is 2.03. The van der Waals surface area contributed by atoms with Gasteiger partial charge in [0.1, 0.15) is 11.4 Å². The summed E-state index contributed by atoms with van der Waals surface area (Å²) in [6, 6.07) is 4.44. The van der Waals surface area contributed by atoms with Crippen LogP contribution < -0.4 is 5.32 Å². The Morgan fingerprint density at radius 1 is 1.44 bits per heavy atom. The van der Waals surface area contributed by atoms with Crippen molar-refractivity contribution < 1.29 is 0 Å². The fourth-order valence-electron chi connectivity index (χ4n) is 1.59. The molecule has 2 aromatic rings. The van der Waals surface area contributed by atoms with Crippen molar-refractivity contribution in [2.75, 3.05) is 6.54 Å². The zero-order valence-electron chi connectivity index (χ0n) is 10.8. The zero-order valence-corrected chi connectivity index (χ0v) is 11.6. The summed E-state index contributed by atoms with van der Waals surface area (Å²) >= 11 is 1.51. The molecule has 1 atom stereocenters. The summed E-state index contributed by atoms with van der Waals surface area (Å²) in [5.41, 5.74) is 1.19. The van der Waals surface area contributed by atoms with Gasteiger partial charge in [0.25, 0.3) is 0 Å². The van der Waals surface area contributed by atoms with Gasteiger partial charge < -0.3 is 9.88 Å². The van der Waals surface area contributed by atoms with Crippen LogP contribution in [-0.2, 0) is 7.05 Å². The molecule has 0 aliphatic heterocycles. The molecule has 0 fully saturated rings. The van der Waals surface area contributed by atoms with E-state index in [4.69, 9.17) is 0 Å². The van der Waals surface area contributed by atoms with Gasteiger partial charge in [0, 0.05) is 19.3 Å². The van der Waals surface area contributed by atoms with Crippen molar-refractivity contribution in [3.63, 3.8) is 0 Å². The molecule has 0 aliphatic carbocycles. The number of rotatable bonds is 5. The molecule has 0 radical (unpaired) electrons. The van der Waals surface area contributed by atoms with E-state index in [1.54, 1.807) is 6.33 Å². The lowest BCUT2D eigenvalue weighted by molar-refractivity contribution is 0.595. The van der Waals surface area contributed by atoms with Crippen molar-refractivity contribution in [3.05, 3.63) is 30.2 Å². The number of nitrogens with one attached hydrogen (secondary N) is 1. The Balaban J connectivity index is 2.06. The van der Waals surface area contributed by atoms with E-state index in [-0.39, 0.29) is 0 Å². The highest BCUT2D eigenvalue weighted by molar-refractivity contribution is 7.99. The molecule has 0 amide bonds. The number of pyridine rings is 1. The van der Waals surface area contributed by atoms with E-state index in [0.29, 0.717) is 6.04 Å². The minimum atomic E-state index is 0.330. The van der Waals surface area contributed by atoms with Crippen LogP contribution in [0.1, 0.15) is 25.5 Å². The summed E-state index contributed by atoms with van der Waals surface area (Å²) < 4.78 is 1.88. The van der Waals surface area contributed by atoms with Gasteiger partial charge in [-0.15, -0.1) is 10.2 Å². The largest absolute Gasteiger partial charge is 0.311 e. The Morgan fingerprint density at radius 2 is 2.28 bits per heavy atom. The summed E-state index contributed by atoms with van der Waals surface area (Å²) in [6.07, 6.45) is 3.59. The smallest absolute Gasteiger partial charge is 0.197 e. The maximum absolute atomic E-state index is 4.44. The Bertz CT molecular complexity index is 493. The third-order valence-electron chi connectivity index (χ3n) is 2.64. The van der Waals surface area contributed by atoms with Gasteiger partial charge in [-0.2, -0.15) is 0 Å². The first-order valence-corrected chi connectivity index (χ1v) is 6.73. The fourth-order valence-corrected chi connectivity index (χ4v) is 2.30. The van der Waals surface area contributed by atoms with Crippen molar-refractivity contribution in [3.8, 4) is 0 Å². The topological polar surface area (TPSA) is 55.6 Å². The van der Waals surface area contributed by atoms with Gasteiger partial charge >= 0.3 is 0 Å². The van der Waals surface area contributed by atoms with E-state index in [2.05, 4.69) is 40.4 Å². The molecule has 18 heavy (non-hydrogen) atoms. The molecular formula is C12H17N5S. The monoisotopic (exact) mass is 263 g/mol. The molecule has 6 heteroatoms. The highest BCUT2D eigenvalue weighted by atomic mass is 32.2. The normalized spacial score (nSPS) is 12.6. The van der Waals surface area contributed by atoms with Gasteiger partial charge in [0.05, 0.1) is 0 Å². The summed E-state index contributed by atoms with van der Waals surface area (Å²) in [7, 11) is 1.92. The molecule has 2 aromatic heterocycles. The Kier molecular flexibility index (Phi) is 4.33. The van der Waals surface area contributed by atoms with E-state index < -0.39 is 0 Å². The zero-order chi connectivity index (χ0) is 13.0. The summed E-state index contributed by atoms with van der Waals surface area (Å²) in [5.74, 6) is 0. The molecule has 1 N–H and O–H groups in total. The molecule has 0 aliphatic rings.